The largest absolute Gasteiger partial charge is 0.315 e. The highest BCUT2D eigenvalue weighted by Gasteiger charge is 2.30. The van der Waals surface area contributed by atoms with Crippen molar-refractivity contribution in [2.75, 3.05) is 40.3 Å². The predicted octanol–water partition coefficient (Wildman–Crippen LogP) is 0.764. The van der Waals surface area contributed by atoms with E-state index in [1.165, 1.54) is 51.9 Å². The number of likely N-dealkylation sites (tertiary alicyclic amines) is 1. The van der Waals surface area contributed by atoms with Gasteiger partial charge >= 0.3 is 0 Å². The van der Waals surface area contributed by atoms with Gasteiger partial charge in [0.15, 0.2) is 0 Å². The summed E-state index contributed by atoms with van der Waals surface area (Å²) < 4.78 is 0. The molecule has 0 aliphatic carbocycles. The molecule has 2 aliphatic rings. The lowest BCUT2D eigenvalue weighted by atomic mass is 9.99. The summed E-state index contributed by atoms with van der Waals surface area (Å²) in [6, 6.07) is 1.62. The molecular weight excluding hydrogens is 186 g/mol. The van der Waals surface area contributed by atoms with Crippen LogP contribution in [0.15, 0.2) is 0 Å². The molecule has 2 saturated heterocycles. The van der Waals surface area contributed by atoms with Gasteiger partial charge in [0.2, 0.25) is 0 Å². The van der Waals surface area contributed by atoms with Crippen LogP contribution in [0.25, 0.3) is 0 Å². The van der Waals surface area contributed by atoms with E-state index in [4.69, 9.17) is 0 Å². The molecular formula is C12H25N3. The SMILES string of the molecule is CN(C)CC1CCCCN1C1CCNC1. The first-order chi connectivity index (χ1) is 7.27. The lowest BCUT2D eigenvalue weighted by Crippen LogP contribution is -2.50. The molecule has 0 aromatic rings. The van der Waals surface area contributed by atoms with Crippen LogP contribution in [0.4, 0.5) is 0 Å². The molecule has 88 valence electrons. The number of hydrogen-bond acceptors (Lipinski definition) is 3. The summed E-state index contributed by atoms with van der Waals surface area (Å²) in [5.74, 6) is 0. The lowest BCUT2D eigenvalue weighted by Gasteiger charge is -2.40. The Morgan fingerprint density at radius 2 is 2.13 bits per heavy atom. The summed E-state index contributed by atoms with van der Waals surface area (Å²) >= 11 is 0. The van der Waals surface area contributed by atoms with Gasteiger partial charge in [0, 0.05) is 25.2 Å². The molecule has 15 heavy (non-hydrogen) atoms. The maximum absolute atomic E-state index is 3.49. The lowest BCUT2D eigenvalue weighted by molar-refractivity contribution is 0.0840. The summed E-state index contributed by atoms with van der Waals surface area (Å²) in [4.78, 5) is 5.11. The molecule has 0 amide bonds. The van der Waals surface area contributed by atoms with Crippen LogP contribution in [-0.2, 0) is 0 Å². The van der Waals surface area contributed by atoms with Crippen molar-refractivity contribution in [3.05, 3.63) is 0 Å². The first-order valence-electron chi connectivity index (χ1n) is 6.38. The monoisotopic (exact) mass is 211 g/mol. The second-order valence-electron chi connectivity index (χ2n) is 5.30. The minimum absolute atomic E-state index is 0.804. The number of hydrogen-bond donors (Lipinski definition) is 1. The van der Waals surface area contributed by atoms with Gasteiger partial charge in [-0.1, -0.05) is 6.42 Å². The van der Waals surface area contributed by atoms with Gasteiger partial charge in [0.05, 0.1) is 0 Å². The first kappa shape index (κ1) is 11.4. The van der Waals surface area contributed by atoms with Crippen molar-refractivity contribution in [1.82, 2.24) is 15.1 Å². The van der Waals surface area contributed by atoms with Gasteiger partial charge in [-0.2, -0.15) is 0 Å². The van der Waals surface area contributed by atoms with Gasteiger partial charge in [-0.3, -0.25) is 4.90 Å². The predicted molar refractivity (Wildman–Crippen MR) is 64.2 cm³/mol. The summed E-state index contributed by atoms with van der Waals surface area (Å²) in [5, 5.41) is 3.49. The van der Waals surface area contributed by atoms with Crippen molar-refractivity contribution in [3.63, 3.8) is 0 Å². The van der Waals surface area contributed by atoms with Gasteiger partial charge in [0.25, 0.3) is 0 Å². The van der Waals surface area contributed by atoms with E-state index in [1.807, 2.05) is 0 Å². The molecule has 2 atom stereocenters. The fourth-order valence-electron chi connectivity index (χ4n) is 3.04. The second kappa shape index (κ2) is 5.28. The Morgan fingerprint density at radius 1 is 1.27 bits per heavy atom. The van der Waals surface area contributed by atoms with E-state index >= 15 is 0 Å². The zero-order chi connectivity index (χ0) is 10.7. The Balaban J connectivity index is 1.92. The third kappa shape index (κ3) is 2.92. The Kier molecular flexibility index (Phi) is 4.00. The number of piperidine rings is 1. The molecule has 2 heterocycles. The maximum atomic E-state index is 3.49. The highest BCUT2D eigenvalue weighted by molar-refractivity contribution is 4.88. The van der Waals surface area contributed by atoms with Crippen molar-refractivity contribution >= 4 is 0 Å². The molecule has 3 nitrogen and oxygen atoms in total. The average molecular weight is 211 g/mol. The van der Waals surface area contributed by atoms with Crippen LogP contribution >= 0.6 is 0 Å². The van der Waals surface area contributed by atoms with Crippen molar-refractivity contribution < 1.29 is 0 Å². The molecule has 0 bridgehead atoms. The first-order valence-corrected chi connectivity index (χ1v) is 6.38. The highest BCUT2D eigenvalue weighted by atomic mass is 15.3. The van der Waals surface area contributed by atoms with Gasteiger partial charge in [-0.15, -0.1) is 0 Å². The molecule has 3 heteroatoms. The molecule has 0 aromatic carbocycles. The van der Waals surface area contributed by atoms with Gasteiger partial charge < -0.3 is 10.2 Å². The second-order valence-corrected chi connectivity index (χ2v) is 5.30. The molecule has 2 unspecified atom stereocenters. The Labute approximate surface area is 93.8 Å². The van der Waals surface area contributed by atoms with Crippen LogP contribution in [0.1, 0.15) is 25.7 Å². The summed E-state index contributed by atoms with van der Waals surface area (Å²) in [7, 11) is 4.39. The number of rotatable bonds is 3. The standard InChI is InChI=1S/C12H25N3/c1-14(2)10-12-5-3-4-8-15(12)11-6-7-13-9-11/h11-13H,3-10H2,1-2H3. The number of likely N-dealkylation sites (N-methyl/N-ethyl adjacent to an activating group) is 1. The van der Waals surface area contributed by atoms with E-state index in [0.29, 0.717) is 0 Å². The Bertz CT molecular complexity index is 187. The molecule has 2 rings (SSSR count). The molecule has 0 aromatic heterocycles. The highest BCUT2D eigenvalue weighted by Crippen LogP contribution is 2.22. The van der Waals surface area contributed by atoms with E-state index in [0.717, 1.165) is 12.1 Å². The smallest absolute Gasteiger partial charge is 0.0236 e. The molecule has 2 fully saturated rings. The van der Waals surface area contributed by atoms with E-state index in [2.05, 4.69) is 29.2 Å². The normalized spacial score (nSPS) is 33.8. The van der Waals surface area contributed by atoms with E-state index in [-0.39, 0.29) is 0 Å². The van der Waals surface area contributed by atoms with E-state index in [9.17, 15) is 0 Å². The Hall–Kier alpha value is -0.120. The van der Waals surface area contributed by atoms with Gasteiger partial charge in [-0.25, -0.2) is 0 Å². The van der Waals surface area contributed by atoms with Crippen LogP contribution in [-0.4, -0.2) is 62.2 Å². The Morgan fingerprint density at radius 3 is 2.80 bits per heavy atom. The summed E-state index contributed by atoms with van der Waals surface area (Å²) in [6.45, 7) is 4.99. The van der Waals surface area contributed by atoms with Crippen LogP contribution in [0.5, 0.6) is 0 Å². The van der Waals surface area contributed by atoms with Crippen LogP contribution in [0, 0.1) is 0 Å². The fourth-order valence-corrected chi connectivity index (χ4v) is 3.04. The zero-order valence-electron chi connectivity index (χ0n) is 10.2. The quantitative estimate of drug-likeness (QED) is 0.744. The van der Waals surface area contributed by atoms with Crippen LogP contribution < -0.4 is 5.32 Å². The van der Waals surface area contributed by atoms with Crippen molar-refractivity contribution in [1.29, 1.82) is 0 Å². The minimum atomic E-state index is 0.804. The minimum Gasteiger partial charge on any atom is -0.315 e. The van der Waals surface area contributed by atoms with Crippen molar-refractivity contribution in [3.8, 4) is 0 Å². The molecule has 0 saturated carbocycles. The maximum Gasteiger partial charge on any atom is 0.0236 e. The summed E-state index contributed by atoms with van der Waals surface area (Å²) in [5.41, 5.74) is 0. The van der Waals surface area contributed by atoms with Gasteiger partial charge in [0.1, 0.15) is 0 Å². The van der Waals surface area contributed by atoms with Gasteiger partial charge in [-0.05, 0) is 46.4 Å². The fraction of sp³-hybridized carbons (Fsp3) is 1.00. The summed E-state index contributed by atoms with van der Waals surface area (Å²) in [6.07, 6.45) is 5.58. The third-order valence-corrected chi connectivity index (χ3v) is 3.75. The zero-order valence-corrected chi connectivity index (χ0v) is 10.2. The van der Waals surface area contributed by atoms with Crippen molar-refractivity contribution in [2.24, 2.45) is 0 Å². The van der Waals surface area contributed by atoms with Crippen LogP contribution in [0.3, 0.4) is 0 Å². The average Bonchev–Trinajstić information content (AvgIpc) is 2.70. The molecule has 0 spiro atoms. The third-order valence-electron chi connectivity index (χ3n) is 3.75. The molecule has 2 aliphatic heterocycles. The number of nitrogens with zero attached hydrogens (tertiary/aromatic N) is 2. The van der Waals surface area contributed by atoms with Crippen LogP contribution in [0.2, 0.25) is 0 Å². The number of nitrogens with one attached hydrogen (secondary N) is 1. The molecule has 0 radical (unpaired) electrons. The topological polar surface area (TPSA) is 18.5 Å². The van der Waals surface area contributed by atoms with E-state index in [1.54, 1.807) is 0 Å². The van der Waals surface area contributed by atoms with Crippen molar-refractivity contribution in [2.45, 2.75) is 37.8 Å². The molecule has 1 N–H and O–H groups in total. The van der Waals surface area contributed by atoms with E-state index < -0.39 is 0 Å².